The summed E-state index contributed by atoms with van der Waals surface area (Å²) in [5, 5.41) is 11.7. The van der Waals surface area contributed by atoms with Crippen LogP contribution in [-0.4, -0.2) is 28.7 Å². The van der Waals surface area contributed by atoms with Gasteiger partial charge < -0.3 is 19.2 Å². The molecule has 0 atom stereocenters. The number of nitrogens with zero attached hydrogens (tertiary/aromatic N) is 2. The Bertz CT molecular complexity index is 979. The molecule has 138 valence electrons. The first-order valence-electron chi connectivity index (χ1n) is 8.05. The second-order valence-electron chi connectivity index (χ2n) is 5.64. The van der Waals surface area contributed by atoms with Crippen molar-refractivity contribution in [3.8, 4) is 23.0 Å². The number of thioether (sulfide) groups is 1. The molecule has 2 aromatic carbocycles. The van der Waals surface area contributed by atoms with Crippen molar-refractivity contribution >= 4 is 29.3 Å². The number of carbonyl (C=O) groups excluding carboxylic acids is 1. The highest BCUT2D eigenvalue weighted by molar-refractivity contribution is 7.99. The number of hydrogen-bond acceptors (Lipinski definition) is 7. The van der Waals surface area contributed by atoms with E-state index in [4.69, 9.17) is 25.5 Å². The van der Waals surface area contributed by atoms with Gasteiger partial charge in [-0.1, -0.05) is 35.5 Å². The van der Waals surface area contributed by atoms with E-state index in [2.05, 4.69) is 15.5 Å². The Morgan fingerprint density at radius 1 is 1.15 bits per heavy atom. The van der Waals surface area contributed by atoms with Gasteiger partial charge in [-0.25, -0.2) is 0 Å². The third-order valence-corrected chi connectivity index (χ3v) is 4.78. The van der Waals surface area contributed by atoms with E-state index in [1.165, 1.54) is 11.8 Å². The molecule has 9 heteroatoms. The summed E-state index contributed by atoms with van der Waals surface area (Å²) in [6, 6.07) is 12.7. The molecule has 0 fully saturated rings. The normalized spacial score (nSPS) is 12.2. The van der Waals surface area contributed by atoms with Crippen LogP contribution >= 0.6 is 23.4 Å². The van der Waals surface area contributed by atoms with Gasteiger partial charge >= 0.3 is 0 Å². The van der Waals surface area contributed by atoms with Gasteiger partial charge in [0, 0.05) is 17.1 Å². The zero-order chi connectivity index (χ0) is 18.6. The fourth-order valence-corrected chi connectivity index (χ4v) is 3.22. The number of fused-ring (bicyclic) bond motifs is 1. The molecule has 1 aliphatic rings. The van der Waals surface area contributed by atoms with Gasteiger partial charge in [0.2, 0.25) is 18.6 Å². The molecule has 0 unspecified atom stereocenters. The Labute approximate surface area is 164 Å². The van der Waals surface area contributed by atoms with Gasteiger partial charge in [-0.05, 0) is 35.9 Å². The lowest BCUT2D eigenvalue weighted by Gasteiger charge is -2.05. The van der Waals surface area contributed by atoms with E-state index in [1.54, 1.807) is 18.2 Å². The van der Waals surface area contributed by atoms with E-state index in [0.29, 0.717) is 34.2 Å². The lowest BCUT2D eigenvalue weighted by Crippen LogP contribution is -2.24. The Morgan fingerprint density at radius 3 is 2.93 bits per heavy atom. The molecule has 7 nitrogen and oxygen atoms in total. The van der Waals surface area contributed by atoms with Crippen molar-refractivity contribution in [2.75, 3.05) is 12.5 Å². The Balaban J connectivity index is 1.28. The maximum Gasteiger partial charge on any atom is 0.277 e. The molecule has 0 spiro atoms. The van der Waals surface area contributed by atoms with Crippen molar-refractivity contribution in [2.45, 2.75) is 11.8 Å². The predicted molar refractivity (Wildman–Crippen MR) is 99.9 cm³/mol. The first kappa shape index (κ1) is 17.7. The standard InChI is InChI=1S/C18H14ClN3O4S/c19-13-3-1-2-12(7-13)17-21-22-18(26-17)27-9-16(23)20-8-11-4-5-14-15(6-11)25-10-24-14/h1-7H,8-10H2,(H,20,23). The van der Waals surface area contributed by atoms with Crippen LogP contribution in [0.5, 0.6) is 11.5 Å². The van der Waals surface area contributed by atoms with Crippen LogP contribution in [0.15, 0.2) is 52.1 Å². The lowest BCUT2D eigenvalue weighted by atomic mass is 10.2. The van der Waals surface area contributed by atoms with Crippen LogP contribution in [0.3, 0.4) is 0 Å². The minimum atomic E-state index is -0.139. The maximum atomic E-state index is 12.0. The summed E-state index contributed by atoms with van der Waals surface area (Å²) in [7, 11) is 0. The summed E-state index contributed by atoms with van der Waals surface area (Å²) < 4.78 is 16.1. The molecule has 0 aliphatic carbocycles. The van der Waals surface area contributed by atoms with Crippen LogP contribution in [0.4, 0.5) is 0 Å². The molecule has 1 aliphatic heterocycles. The average molecular weight is 404 g/mol. The number of amides is 1. The Morgan fingerprint density at radius 2 is 2.04 bits per heavy atom. The van der Waals surface area contributed by atoms with Crippen LogP contribution in [-0.2, 0) is 11.3 Å². The first-order valence-corrected chi connectivity index (χ1v) is 9.41. The van der Waals surface area contributed by atoms with Gasteiger partial charge in [0.15, 0.2) is 11.5 Å². The summed E-state index contributed by atoms with van der Waals surface area (Å²) >= 11 is 7.13. The van der Waals surface area contributed by atoms with Crippen molar-refractivity contribution in [3.63, 3.8) is 0 Å². The fourth-order valence-electron chi connectivity index (χ4n) is 2.44. The molecule has 0 saturated heterocycles. The fraction of sp³-hybridized carbons (Fsp3) is 0.167. The number of rotatable bonds is 6. The largest absolute Gasteiger partial charge is 0.454 e. The van der Waals surface area contributed by atoms with Crippen molar-refractivity contribution in [2.24, 2.45) is 0 Å². The van der Waals surface area contributed by atoms with E-state index in [9.17, 15) is 4.79 Å². The topological polar surface area (TPSA) is 86.5 Å². The molecule has 1 amide bonds. The van der Waals surface area contributed by atoms with Crippen LogP contribution in [0, 0.1) is 0 Å². The van der Waals surface area contributed by atoms with E-state index in [1.807, 2.05) is 24.3 Å². The zero-order valence-corrected chi connectivity index (χ0v) is 15.5. The van der Waals surface area contributed by atoms with E-state index in [0.717, 1.165) is 11.1 Å². The highest BCUT2D eigenvalue weighted by atomic mass is 35.5. The highest BCUT2D eigenvalue weighted by Gasteiger charge is 2.14. The van der Waals surface area contributed by atoms with Crippen LogP contribution in [0.2, 0.25) is 5.02 Å². The van der Waals surface area contributed by atoms with Crippen LogP contribution < -0.4 is 14.8 Å². The minimum Gasteiger partial charge on any atom is -0.454 e. The second kappa shape index (κ2) is 7.89. The number of hydrogen-bond donors (Lipinski definition) is 1. The van der Waals surface area contributed by atoms with Gasteiger partial charge in [-0.15, -0.1) is 10.2 Å². The molecule has 2 heterocycles. The van der Waals surface area contributed by atoms with Gasteiger partial charge in [0.25, 0.3) is 5.22 Å². The molecule has 3 aromatic rings. The molecule has 1 N–H and O–H groups in total. The molecular formula is C18H14ClN3O4S. The summed E-state index contributed by atoms with van der Waals surface area (Å²) in [4.78, 5) is 12.0. The van der Waals surface area contributed by atoms with Crippen LogP contribution in [0.25, 0.3) is 11.5 Å². The molecule has 0 bridgehead atoms. The third kappa shape index (κ3) is 4.35. The maximum absolute atomic E-state index is 12.0. The zero-order valence-electron chi connectivity index (χ0n) is 14.0. The van der Waals surface area contributed by atoms with Gasteiger partial charge in [-0.3, -0.25) is 4.79 Å². The molecule has 4 rings (SSSR count). The first-order chi connectivity index (χ1) is 13.2. The van der Waals surface area contributed by atoms with Crippen molar-refractivity contribution in [1.82, 2.24) is 15.5 Å². The van der Waals surface area contributed by atoms with Gasteiger partial charge in [0.05, 0.1) is 5.75 Å². The van der Waals surface area contributed by atoms with E-state index >= 15 is 0 Å². The average Bonchev–Trinajstić information content (AvgIpc) is 3.33. The number of nitrogens with one attached hydrogen (secondary N) is 1. The van der Waals surface area contributed by atoms with Crippen molar-refractivity contribution < 1.29 is 18.7 Å². The van der Waals surface area contributed by atoms with E-state index in [-0.39, 0.29) is 18.5 Å². The smallest absolute Gasteiger partial charge is 0.277 e. The predicted octanol–water partition coefficient (Wildman–Crippen LogP) is 3.53. The number of aromatic nitrogens is 2. The Kier molecular flexibility index (Phi) is 5.17. The Hall–Kier alpha value is -2.71. The number of carbonyl (C=O) groups is 1. The van der Waals surface area contributed by atoms with Gasteiger partial charge in [0.1, 0.15) is 0 Å². The number of halogens is 1. The lowest BCUT2D eigenvalue weighted by molar-refractivity contribution is -0.118. The summed E-state index contributed by atoms with van der Waals surface area (Å²) in [6.45, 7) is 0.622. The molecular weight excluding hydrogens is 390 g/mol. The molecule has 27 heavy (non-hydrogen) atoms. The molecule has 0 radical (unpaired) electrons. The second-order valence-corrected chi connectivity index (χ2v) is 7.00. The summed E-state index contributed by atoms with van der Waals surface area (Å²) in [5.41, 5.74) is 1.66. The number of benzene rings is 2. The summed E-state index contributed by atoms with van der Waals surface area (Å²) in [6.07, 6.45) is 0. The highest BCUT2D eigenvalue weighted by Crippen LogP contribution is 2.32. The quantitative estimate of drug-likeness (QED) is 0.630. The molecule has 1 aromatic heterocycles. The minimum absolute atomic E-state index is 0.139. The summed E-state index contributed by atoms with van der Waals surface area (Å²) in [5.74, 6) is 1.80. The van der Waals surface area contributed by atoms with Crippen molar-refractivity contribution in [1.29, 1.82) is 0 Å². The molecule has 0 saturated carbocycles. The monoisotopic (exact) mass is 403 g/mol. The SMILES string of the molecule is O=C(CSc1nnc(-c2cccc(Cl)c2)o1)NCc1ccc2c(c1)OCO2. The third-order valence-electron chi connectivity index (χ3n) is 3.73. The van der Waals surface area contributed by atoms with Crippen LogP contribution in [0.1, 0.15) is 5.56 Å². The number of ether oxygens (including phenoxy) is 2. The van der Waals surface area contributed by atoms with Crippen molar-refractivity contribution in [3.05, 3.63) is 53.1 Å². The van der Waals surface area contributed by atoms with E-state index < -0.39 is 0 Å². The van der Waals surface area contributed by atoms with Gasteiger partial charge in [-0.2, -0.15) is 0 Å².